The molecule has 8 heteroatoms. The molecule has 0 aromatic heterocycles. The van der Waals surface area contributed by atoms with Crippen molar-refractivity contribution in [2.24, 2.45) is 4.99 Å². The van der Waals surface area contributed by atoms with E-state index >= 15 is 0 Å². The topological polar surface area (TPSA) is 79.8 Å². The average Bonchev–Trinajstić information content (AvgIpc) is 2.78. The van der Waals surface area contributed by atoms with Gasteiger partial charge >= 0.3 is 0 Å². The maximum absolute atomic E-state index is 11.1. The summed E-state index contributed by atoms with van der Waals surface area (Å²) in [5, 5.41) is 6.31. The zero-order valence-electron chi connectivity index (χ0n) is 13.1. The van der Waals surface area contributed by atoms with Crippen LogP contribution in [0.1, 0.15) is 33.1 Å². The summed E-state index contributed by atoms with van der Waals surface area (Å²) in [6, 6.07) is 0. The number of rotatable bonds is 7. The largest absolute Gasteiger partial charge is 0.373 e. The Hall–Kier alpha value is -0.0900. The first-order valence-electron chi connectivity index (χ1n) is 7.18. The fourth-order valence-corrected chi connectivity index (χ4v) is 2.76. The highest BCUT2D eigenvalue weighted by Gasteiger charge is 2.29. The van der Waals surface area contributed by atoms with Gasteiger partial charge in [-0.2, -0.15) is 0 Å². The van der Waals surface area contributed by atoms with Crippen molar-refractivity contribution >= 4 is 39.8 Å². The zero-order chi connectivity index (χ0) is 15.1. The fraction of sp³-hybridized carbons (Fsp3) is 0.923. The van der Waals surface area contributed by atoms with Gasteiger partial charge in [0.1, 0.15) is 9.84 Å². The summed E-state index contributed by atoms with van der Waals surface area (Å²) in [6.45, 7) is 6.88. The molecule has 1 atom stereocenters. The Kier molecular flexibility index (Phi) is 9.79. The Balaban J connectivity index is 0.00000400. The first kappa shape index (κ1) is 20.9. The maximum atomic E-state index is 11.1. The number of nitrogens with zero attached hydrogens (tertiary/aromatic N) is 1. The molecule has 21 heavy (non-hydrogen) atoms. The maximum Gasteiger partial charge on any atom is 0.191 e. The summed E-state index contributed by atoms with van der Waals surface area (Å²) < 4.78 is 27.8. The van der Waals surface area contributed by atoms with Crippen molar-refractivity contribution in [2.45, 2.75) is 38.7 Å². The summed E-state index contributed by atoms with van der Waals surface area (Å²) in [4.78, 5) is 4.52. The van der Waals surface area contributed by atoms with Crippen LogP contribution >= 0.6 is 24.0 Å². The molecule has 1 aliphatic rings. The van der Waals surface area contributed by atoms with Crippen LogP contribution in [-0.4, -0.2) is 58.2 Å². The smallest absolute Gasteiger partial charge is 0.191 e. The van der Waals surface area contributed by atoms with E-state index in [1.165, 1.54) is 6.26 Å². The summed E-state index contributed by atoms with van der Waals surface area (Å²) in [5.41, 5.74) is -0.158. The molecule has 126 valence electrons. The van der Waals surface area contributed by atoms with Crippen molar-refractivity contribution in [3.63, 3.8) is 0 Å². The number of halogens is 1. The van der Waals surface area contributed by atoms with Gasteiger partial charge in [-0.3, -0.25) is 4.99 Å². The Labute approximate surface area is 145 Å². The van der Waals surface area contributed by atoms with Crippen LogP contribution in [0.15, 0.2) is 4.99 Å². The van der Waals surface area contributed by atoms with Gasteiger partial charge in [-0.15, -0.1) is 24.0 Å². The third kappa shape index (κ3) is 9.51. The quantitative estimate of drug-likeness (QED) is 0.273. The Morgan fingerprint density at radius 2 is 2.10 bits per heavy atom. The van der Waals surface area contributed by atoms with E-state index in [0.29, 0.717) is 19.5 Å². The highest BCUT2D eigenvalue weighted by atomic mass is 127. The first-order chi connectivity index (χ1) is 9.35. The summed E-state index contributed by atoms with van der Waals surface area (Å²) in [5.74, 6) is 0.915. The SMILES string of the molecule is CCNC(=NCC1(C)CCCO1)NCCCS(C)(=O)=O.I. The third-order valence-corrected chi connectivity index (χ3v) is 4.23. The number of sulfone groups is 1. The minimum atomic E-state index is -2.89. The second-order valence-electron chi connectivity index (χ2n) is 5.51. The molecule has 0 radical (unpaired) electrons. The van der Waals surface area contributed by atoms with E-state index < -0.39 is 9.84 Å². The van der Waals surface area contributed by atoms with Crippen LogP contribution in [0.4, 0.5) is 0 Å². The molecule has 0 aromatic rings. The van der Waals surface area contributed by atoms with Gasteiger partial charge in [0.25, 0.3) is 0 Å². The summed E-state index contributed by atoms with van der Waals surface area (Å²) in [7, 11) is -2.89. The molecule has 2 N–H and O–H groups in total. The molecule has 1 saturated heterocycles. The van der Waals surface area contributed by atoms with Crippen LogP contribution in [0.25, 0.3) is 0 Å². The van der Waals surface area contributed by atoms with Crippen LogP contribution in [0.5, 0.6) is 0 Å². The molecule has 0 aliphatic carbocycles. The lowest BCUT2D eigenvalue weighted by molar-refractivity contribution is 0.0283. The Bertz CT molecular complexity index is 420. The Morgan fingerprint density at radius 1 is 1.38 bits per heavy atom. The molecule has 0 bridgehead atoms. The van der Waals surface area contributed by atoms with Crippen LogP contribution in [-0.2, 0) is 14.6 Å². The predicted octanol–water partition coefficient (Wildman–Crippen LogP) is 1.16. The number of hydrogen-bond acceptors (Lipinski definition) is 4. The van der Waals surface area contributed by atoms with Gasteiger partial charge in [-0.1, -0.05) is 0 Å². The molecule has 1 aliphatic heterocycles. The van der Waals surface area contributed by atoms with Gasteiger partial charge in [0.05, 0.1) is 17.9 Å². The summed E-state index contributed by atoms with van der Waals surface area (Å²) in [6.07, 6.45) is 3.95. The highest BCUT2D eigenvalue weighted by molar-refractivity contribution is 14.0. The normalized spacial score (nSPS) is 22.7. The molecular formula is C13H28IN3O3S. The summed E-state index contributed by atoms with van der Waals surface area (Å²) >= 11 is 0. The second-order valence-corrected chi connectivity index (χ2v) is 7.77. The molecule has 6 nitrogen and oxygen atoms in total. The van der Waals surface area contributed by atoms with Crippen molar-refractivity contribution in [3.8, 4) is 0 Å². The second kappa shape index (κ2) is 9.83. The molecule has 0 aromatic carbocycles. The number of ether oxygens (including phenoxy) is 1. The van der Waals surface area contributed by atoms with Crippen molar-refractivity contribution in [1.82, 2.24) is 10.6 Å². The average molecular weight is 433 g/mol. The molecule has 1 fully saturated rings. The van der Waals surface area contributed by atoms with Gasteiger partial charge in [-0.05, 0) is 33.1 Å². The monoisotopic (exact) mass is 433 g/mol. The number of aliphatic imine (C=N–C) groups is 1. The number of nitrogens with one attached hydrogen (secondary N) is 2. The number of guanidine groups is 1. The van der Waals surface area contributed by atoms with E-state index in [1.807, 2.05) is 6.92 Å². The van der Waals surface area contributed by atoms with Crippen molar-refractivity contribution in [2.75, 3.05) is 38.2 Å². The molecule has 1 rings (SSSR count). The van der Waals surface area contributed by atoms with E-state index in [9.17, 15) is 8.42 Å². The molecule has 0 saturated carbocycles. The van der Waals surface area contributed by atoms with Gasteiger partial charge in [0.2, 0.25) is 0 Å². The van der Waals surface area contributed by atoms with E-state index in [0.717, 1.165) is 32.0 Å². The predicted molar refractivity (Wildman–Crippen MR) is 97.3 cm³/mol. The van der Waals surface area contributed by atoms with Gasteiger partial charge in [0.15, 0.2) is 5.96 Å². The molecular weight excluding hydrogens is 405 g/mol. The van der Waals surface area contributed by atoms with Gasteiger partial charge in [-0.25, -0.2) is 8.42 Å². The van der Waals surface area contributed by atoms with E-state index in [-0.39, 0.29) is 35.3 Å². The number of hydrogen-bond donors (Lipinski definition) is 2. The van der Waals surface area contributed by atoms with Crippen LogP contribution < -0.4 is 10.6 Å². The van der Waals surface area contributed by atoms with Crippen LogP contribution in [0, 0.1) is 0 Å². The van der Waals surface area contributed by atoms with E-state index in [1.54, 1.807) is 0 Å². The van der Waals surface area contributed by atoms with E-state index in [2.05, 4.69) is 22.5 Å². The lowest BCUT2D eigenvalue weighted by Crippen LogP contribution is -2.40. The molecule has 1 unspecified atom stereocenters. The van der Waals surface area contributed by atoms with Crippen molar-refractivity contribution < 1.29 is 13.2 Å². The minimum Gasteiger partial charge on any atom is -0.373 e. The van der Waals surface area contributed by atoms with Crippen molar-refractivity contribution in [1.29, 1.82) is 0 Å². The fourth-order valence-electron chi connectivity index (χ4n) is 2.09. The minimum absolute atomic E-state index is 0. The first-order valence-corrected chi connectivity index (χ1v) is 9.24. The molecule has 0 spiro atoms. The standard InChI is InChI=1S/C13H27N3O3S.HI/c1-4-14-12(15-8-6-10-20(3,17)18)16-11-13(2)7-5-9-19-13;/h4-11H2,1-3H3,(H2,14,15,16);1H. The highest BCUT2D eigenvalue weighted by Crippen LogP contribution is 2.24. The van der Waals surface area contributed by atoms with Crippen LogP contribution in [0.3, 0.4) is 0 Å². The third-order valence-electron chi connectivity index (χ3n) is 3.20. The molecule has 0 amide bonds. The van der Waals surface area contributed by atoms with Gasteiger partial charge in [0, 0.05) is 26.0 Å². The lowest BCUT2D eigenvalue weighted by atomic mass is 10.0. The molecule has 1 heterocycles. The van der Waals surface area contributed by atoms with Gasteiger partial charge < -0.3 is 15.4 Å². The van der Waals surface area contributed by atoms with Crippen molar-refractivity contribution in [3.05, 3.63) is 0 Å². The lowest BCUT2D eigenvalue weighted by Gasteiger charge is -2.21. The van der Waals surface area contributed by atoms with Crippen LogP contribution in [0.2, 0.25) is 0 Å². The Morgan fingerprint density at radius 3 is 2.62 bits per heavy atom. The zero-order valence-corrected chi connectivity index (χ0v) is 16.3. The van der Waals surface area contributed by atoms with E-state index in [4.69, 9.17) is 4.74 Å².